The van der Waals surface area contributed by atoms with Crippen LogP contribution >= 0.6 is 0 Å². The molecule has 2 aromatic rings. The molecule has 0 aliphatic rings. The Morgan fingerprint density at radius 3 is 2.45 bits per heavy atom. The molecule has 0 spiro atoms. The lowest BCUT2D eigenvalue weighted by Crippen LogP contribution is -2.36. The van der Waals surface area contributed by atoms with Crippen molar-refractivity contribution in [1.29, 1.82) is 0 Å². The number of nitrogens with one attached hydrogen (secondary N) is 1. The molecule has 0 aliphatic heterocycles. The Morgan fingerprint density at radius 1 is 1.14 bits per heavy atom. The predicted molar refractivity (Wildman–Crippen MR) is 81.2 cm³/mol. The van der Waals surface area contributed by atoms with Gasteiger partial charge in [0.15, 0.2) is 0 Å². The summed E-state index contributed by atoms with van der Waals surface area (Å²) in [5.41, 5.74) is 1.07. The molecule has 0 aliphatic carbocycles. The summed E-state index contributed by atoms with van der Waals surface area (Å²) < 4.78 is 18.3. The van der Waals surface area contributed by atoms with Crippen LogP contribution in [0.5, 0.6) is 5.75 Å². The third-order valence-corrected chi connectivity index (χ3v) is 3.12. The van der Waals surface area contributed by atoms with Gasteiger partial charge in [0.1, 0.15) is 18.2 Å². The van der Waals surface area contributed by atoms with Crippen molar-refractivity contribution < 1.29 is 19.0 Å². The lowest BCUT2D eigenvalue weighted by atomic mass is 10.2. The Balaban J connectivity index is 1.88. The Hall–Kier alpha value is -2.40. The topological polar surface area (TPSA) is 58.6 Å². The van der Waals surface area contributed by atoms with Gasteiger partial charge in [-0.05, 0) is 29.8 Å². The summed E-state index contributed by atoms with van der Waals surface area (Å²) in [5.74, 6) is -0.719. The van der Waals surface area contributed by atoms with E-state index in [-0.39, 0.29) is 24.9 Å². The highest BCUT2D eigenvalue weighted by atomic mass is 19.1. The van der Waals surface area contributed by atoms with Crippen molar-refractivity contribution in [3.8, 4) is 5.75 Å². The lowest BCUT2D eigenvalue weighted by molar-refractivity contribution is -0.137. The van der Waals surface area contributed by atoms with Gasteiger partial charge in [-0.15, -0.1) is 0 Å². The summed E-state index contributed by atoms with van der Waals surface area (Å²) in [6, 6.07) is 15.0. The normalized spacial score (nSPS) is 11.9. The number of benzene rings is 2. The molecule has 2 aromatic carbocycles. The Morgan fingerprint density at radius 2 is 1.82 bits per heavy atom. The van der Waals surface area contributed by atoms with E-state index in [0.29, 0.717) is 12.3 Å². The van der Waals surface area contributed by atoms with Gasteiger partial charge in [-0.25, -0.2) is 4.39 Å². The molecule has 0 saturated carbocycles. The van der Waals surface area contributed by atoms with Gasteiger partial charge >= 0.3 is 5.97 Å². The van der Waals surface area contributed by atoms with Crippen LogP contribution in [0.3, 0.4) is 0 Å². The van der Waals surface area contributed by atoms with Gasteiger partial charge in [0.25, 0.3) is 0 Å². The second kappa shape index (κ2) is 8.14. The number of aliphatic carboxylic acids is 1. The van der Waals surface area contributed by atoms with Crippen LogP contribution in [-0.2, 0) is 11.3 Å². The van der Waals surface area contributed by atoms with Crippen LogP contribution in [0.15, 0.2) is 54.6 Å². The molecule has 0 fully saturated rings. The standard InChI is InChI=1S/C17H18FNO3/c18-14-6-8-16(9-7-14)22-12-15(10-17(20)21)19-11-13-4-2-1-3-5-13/h1-9,15,19H,10-12H2,(H,20,21). The minimum absolute atomic E-state index is 0.0476. The molecule has 0 heterocycles. The molecule has 5 heteroatoms. The average molecular weight is 303 g/mol. The fourth-order valence-electron chi connectivity index (χ4n) is 1.99. The molecule has 1 unspecified atom stereocenters. The van der Waals surface area contributed by atoms with Gasteiger partial charge in [-0.1, -0.05) is 30.3 Å². The van der Waals surface area contributed by atoms with Gasteiger partial charge in [0, 0.05) is 6.54 Å². The molecule has 116 valence electrons. The van der Waals surface area contributed by atoms with E-state index in [1.807, 2.05) is 30.3 Å². The summed E-state index contributed by atoms with van der Waals surface area (Å²) in [6.07, 6.45) is -0.0476. The number of halogens is 1. The van der Waals surface area contributed by atoms with Crippen LogP contribution in [-0.4, -0.2) is 23.7 Å². The Bertz CT molecular complexity index is 587. The molecule has 1 atom stereocenters. The van der Waals surface area contributed by atoms with Gasteiger partial charge in [0.05, 0.1) is 12.5 Å². The summed E-state index contributed by atoms with van der Waals surface area (Å²) in [5, 5.41) is 12.1. The highest BCUT2D eigenvalue weighted by Gasteiger charge is 2.13. The molecule has 0 aromatic heterocycles. The van der Waals surface area contributed by atoms with E-state index in [2.05, 4.69) is 5.32 Å². The largest absolute Gasteiger partial charge is 0.492 e. The number of carboxylic acids is 1. The van der Waals surface area contributed by atoms with Crippen LogP contribution in [0.1, 0.15) is 12.0 Å². The zero-order valence-electron chi connectivity index (χ0n) is 12.0. The van der Waals surface area contributed by atoms with Crippen LogP contribution in [0.2, 0.25) is 0 Å². The monoisotopic (exact) mass is 303 g/mol. The maximum absolute atomic E-state index is 12.8. The number of rotatable bonds is 8. The molecule has 2 rings (SSSR count). The zero-order valence-corrected chi connectivity index (χ0v) is 12.0. The maximum Gasteiger partial charge on any atom is 0.305 e. The fourth-order valence-corrected chi connectivity index (χ4v) is 1.99. The molecule has 0 saturated heterocycles. The zero-order chi connectivity index (χ0) is 15.8. The Labute approximate surface area is 128 Å². The summed E-state index contributed by atoms with van der Waals surface area (Å²) in [4.78, 5) is 10.9. The van der Waals surface area contributed by atoms with Crippen molar-refractivity contribution in [2.45, 2.75) is 19.0 Å². The third-order valence-electron chi connectivity index (χ3n) is 3.12. The van der Waals surface area contributed by atoms with E-state index in [9.17, 15) is 9.18 Å². The fraction of sp³-hybridized carbons (Fsp3) is 0.235. The quantitative estimate of drug-likeness (QED) is 0.787. The Kier molecular flexibility index (Phi) is 5.91. The van der Waals surface area contributed by atoms with Gasteiger partial charge in [0.2, 0.25) is 0 Å². The van der Waals surface area contributed by atoms with E-state index >= 15 is 0 Å². The van der Waals surface area contributed by atoms with Crippen LogP contribution in [0.4, 0.5) is 4.39 Å². The highest BCUT2D eigenvalue weighted by molar-refractivity contribution is 5.67. The summed E-state index contributed by atoms with van der Waals surface area (Å²) in [7, 11) is 0. The van der Waals surface area contributed by atoms with E-state index in [4.69, 9.17) is 9.84 Å². The predicted octanol–water partition coefficient (Wildman–Crippen LogP) is 2.84. The number of hydrogen-bond donors (Lipinski definition) is 2. The smallest absolute Gasteiger partial charge is 0.305 e. The summed E-state index contributed by atoms with van der Waals surface area (Å²) >= 11 is 0. The molecule has 0 bridgehead atoms. The van der Waals surface area contributed by atoms with Crippen molar-refractivity contribution >= 4 is 5.97 Å². The van der Waals surface area contributed by atoms with Gasteiger partial charge in [-0.2, -0.15) is 0 Å². The first-order valence-corrected chi connectivity index (χ1v) is 7.01. The first kappa shape index (κ1) is 16.0. The first-order valence-electron chi connectivity index (χ1n) is 7.01. The van der Waals surface area contributed by atoms with Gasteiger partial charge in [-0.3, -0.25) is 4.79 Å². The molecular formula is C17H18FNO3. The van der Waals surface area contributed by atoms with Crippen LogP contribution in [0.25, 0.3) is 0 Å². The number of ether oxygens (including phenoxy) is 1. The highest BCUT2D eigenvalue weighted by Crippen LogP contribution is 2.12. The van der Waals surface area contributed by atoms with Crippen LogP contribution < -0.4 is 10.1 Å². The van der Waals surface area contributed by atoms with Crippen molar-refractivity contribution in [2.75, 3.05) is 6.61 Å². The minimum atomic E-state index is -0.895. The third kappa shape index (κ3) is 5.54. The van der Waals surface area contributed by atoms with E-state index in [1.54, 1.807) is 0 Å². The summed E-state index contributed by atoms with van der Waals surface area (Å²) in [6.45, 7) is 0.760. The SMILES string of the molecule is O=C(O)CC(COc1ccc(F)cc1)NCc1ccccc1. The minimum Gasteiger partial charge on any atom is -0.492 e. The second-order valence-corrected chi connectivity index (χ2v) is 4.93. The van der Waals surface area contributed by atoms with Crippen molar-refractivity contribution in [2.24, 2.45) is 0 Å². The van der Waals surface area contributed by atoms with E-state index in [1.165, 1.54) is 24.3 Å². The van der Waals surface area contributed by atoms with Gasteiger partial charge < -0.3 is 15.2 Å². The molecular weight excluding hydrogens is 285 g/mol. The van der Waals surface area contributed by atoms with Crippen LogP contribution in [0, 0.1) is 5.82 Å². The number of hydrogen-bond acceptors (Lipinski definition) is 3. The molecule has 0 amide bonds. The first-order chi connectivity index (χ1) is 10.6. The molecule has 22 heavy (non-hydrogen) atoms. The molecule has 4 nitrogen and oxygen atoms in total. The van der Waals surface area contributed by atoms with E-state index < -0.39 is 5.97 Å². The maximum atomic E-state index is 12.8. The average Bonchev–Trinajstić information content (AvgIpc) is 2.52. The van der Waals surface area contributed by atoms with Crippen molar-refractivity contribution in [3.05, 3.63) is 66.0 Å². The van der Waals surface area contributed by atoms with E-state index in [0.717, 1.165) is 5.56 Å². The van der Waals surface area contributed by atoms with Crippen molar-refractivity contribution in [3.63, 3.8) is 0 Å². The number of carbonyl (C=O) groups is 1. The lowest BCUT2D eigenvalue weighted by Gasteiger charge is -2.18. The van der Waals surface area contributed by atoms with Crippen molar-refractivity contribution in [1.82, 2.24) is 5.32 Å². The number of carboxylic acid groups (broad SMARTS) is 1. The molecule has 2 N–H and O–H groups in total. The molecule has 0 radical (unpaired) electrons. The second-order valence-electron chi connectivity index (χ2n) is 4.93.